The summed E-state index contributed by atoms with van der Waals surface area (Å²) in [4.78, 5) is 13.7. The molecule has 0 saturated carbocycles. The molecule has 1 aliphatic heterocycles. The normalized spacial score (nSPS) is 17.5. The Kier molecular flexibility index (Phi) is 6.02. The van der Waals surface area contributed by atoms with Crippen LogP contribution in [0.1, 0.15) is 24.5 Å². The second-order valence-electron chi connectivity index (χ2n) is 5.40. The molecule has 0 radical (unpaired) electrons. The van der Waals surface area contributed by atoms with E-state index in [0.717, 1.165) is 18.4 Å². The second-order valence-corrected chi connectivity index (χ2v) is 5.40. The van der Waals surface area contributed by atoms with E-state index in [2.05, 4.69) is 5.32 Å². The fourth-order valence-corrected chi connectivity index (χ4v) is 2.71. The first-order valence-electron chi connectivity index (χ1n) is 7.47. The van der Waals surface area contributed by atoms with Crippen molar-refractivity contribution in [2.45, 2.75) is 18.9 Å². The molecule has 5 heteroatoms. The summed E-state index contributed by atoms with van der Waals surface area (Å²) in [6.45, 7) is 2.43. The fourth-order valence-electron chi connectivity index (χ4n) is 2.71. The Morgan fingerprint density at radius 3 is 2.67 bits per heavy atom. The molecule has 0 aliphatic carbocycles. The lowest BCUT2D eigenvalue weighted by Gasteiger charge is -2.34. The van der Waals surface area contributed by atoms with E-state index in [9.17, 15) is 9.90 Å². The Morgan fingerprint density at radius 1 is 1.38 bits per heavy atom. The van der Waals surface area contributed by atoms with E-state index in [0.29, 0.717) is 26.2 Å². The van der Waals surface area contributed by atoms with Crippen LogP contribution in [0, 0.1) is 5.92 Å². The predicted octanol–water partition coefficient (Wildman–Crippen LogP) is 1.79. The van der Waals surface area contributed by atoms with E-state index in [1.807, 2.05) is 35.2 Å². The van der Waals surface area contributed by atoms with Gasteiger partial charge in [0.15, 0.2) is 0 Å². The van der Waals surface area contributed by atoms with Crippen LogP contribution in [0.25, 0.3) is 0 Å². The lowest BCUT2D eigenvalue weighted by atomic mass is 9.87. The molecule has 1 atom stereocenters. The van der Waals surface area contributed by atoms with Crippen molar-refractivity contribution >= 4 is 6.03 Å². The minimum Gasteiger partial charge on any atom is -0.388 e. The van der Waals surface area contributed by atoms with E-state index in [-0.39, 0.29) is 11.9 Å². The van der Waals surface area contributed by atoms with Crippen LogP contribution in [0.5, 0.6) is 0 Å². The molecule has 2 rings (SSSR count). The van der Waals surface area contributed by atoms with Crippen LogP contribution in [0.3, 0.4) is 0 Å². The molecule has 0 bridgehead atoms. The standard InChI is InChI=1S/C16H24N2O3/c1-21-12-9-17-16(20)18-10-7-14(8-11-18)15(19)13-5-3-2-4-6-13/h2-6,14-15,19H,7-12H2,1H3,(H,17,20). The Bertz CT molecular complexity index is 430. The van der Waals surface area contributed by atoms with Gasteiger partial charge in [-0.25, -0.2) is 4.79 Å². The first-order chi connectivity index (χ1) is 10.2. The van der Waals surface area contributed by atoms with Crippen molar-refractivity contribution in [3.63, 3.8) is 0 Å². The number of likely N-dealkylation sites (tertiary alicyclic amines) is 1. The number of rotatable bonds is 5. The summed E-state index contributed by atoms with van der Waals surface area (Å²) in [6.07, 6.45) is 1.21. The van der Waals surface area contributed by atoms with Gasteiger partial charge < -0.3 is 20.1 Å². The number of aliphatic hydroxyl groups is 1. The molecule has 0 spiro atoms. The van der Waals surface area contributed by atoms with Crippen LogP contribution in [0.2, 0.25) is 0 Å². The average molecular weight is 292 g/mol. The monoisotopic (exact) mass is 292 g/mol. The topological polar surface area (TPSA) is 61.8 Å². The smallest absolute Gasteiger partial charge is 0.317 e. The van der Waals surface area contributed by atoms with Gasteiger partial charge in [-0.15, -0.1) is 0 Å². The van der Waals surface area contributed by atoms with Crippen molar-refractivity contribution in [2.24, 2.45) is 5.92 Å². The van der Waals surface area contributed by atoms with Crippen LogP contribution < -0.4 is 5.32 Å². The number of benzene rings is 1. The molecular formula is C16H24N2O3. The van der Waals surface area contributed by atoms with E-state index in [1.165, 1.54) is 0 Å². The van der Waals surface area contributed by atoms with Crippen molar-refractivity contribution in [2.75, 3.05) is 33.4 Å². The van der Waals surface area contributed by atoms with E-state index in [4.69, 9.17) is 4.74 Å². The van der Waals surface area contributed by atoms with Gasteiger partial charge in [-0.05, 0) is 24.3 Å². The molecule has 1 saturated heterocycles. The highest BCUT2D eigenvalue weighted by Crippen LogP contribution is 2.30. The highest BCUT2D eigenvalue weighted by Gasteiger charge is 2.27. The van der Waals surface area contributed by atoms with Crippen LogP contribution >= 0.6 is 0 Å². The molecule has 1 aliphatic rings. The molecule has 116 valence electrons. The molecule has 0 aromatic heterocycles. The summed E-state index contributed by atoms with van der Waals surface area (Å²) in [5.41, 5.74) is 0.959. The SMILES string of the molecule is COCCNC(=O)N1CCC(C(O)c2ccccc2)CC1. The van der Waals surface area contributed by atoms with E-state index >= 15 is 0 Å². The highest BCUT2D eigenvalue weighted by atomic mass is 16.5. The third-order valence-corrected chi connectivity index (χ3v) is 4.00. The number of carbonyl (C=O) groups excluding carboxylic acids is 1. The van der Waals surface area contributed by atoms with Gasteiger partial charge in [0.25, 0.3) is 0 Å². The maximum absolute atomic E-state index is 11.9. The number of ether oxygens (including phenoxy) is 1. The Hall–Kier alpha value is -1.59. The van der Waals surface area contributed by atoms with Crippen molar-refractivity contribution in [3.8, 4) is 0 Å². The quantitative estimate of drug-likeness (QED) is 0.813. The molecule has 5 nitrogen and oxygen atoms in total. The molecule has 2 N–H and O–H groups in total. The summed E-state index contributed by atoms with van der Waals surface area (Å²) < 4.78 is 4.91. The number of methoxy groups -OCH3 is 1. The van der Waals surface area contributed by atoms with Gasteiger partial charge in [-0.3, -0.25) is 0 Å². The van der Waals surface area contributed by atoms with Crippen molar-refractivity contribution in [1.29, 1.82) is 0 Å². The van der Waals surface area contributed by atoms with E-state index < -0.39 is 6.10 Å². The Morgan fingerprint density at radius 2 is 2.05 bits per heavy atom. The first-order valence-corrected chi connectivity index (χ1v) is 7.47. The second kappa shape index (κ2) is 8.00. The van der Waals surface area contributed by atoms with Crippen LogP contribution in [-0.4, -0.2) is 49.4 Å². The zero-order chi connectivity index (χ0) is 15.1. The lowest BCUT2D eigenvalue weighted by molar-refractivity contribution is 0.0662. The number of piperidine rings is 1. The van der Waals surface area contributed by atoms with Crippen LogP contribution in [0.15, 0.2) is 30.3 Å². The number of hydrogen-bond donors (Lipinski definition) is 2. The van der Waals surface area contributed by atoms with Crippen LogP contribution in [0.4, 0.5) is 4.79 Å². The summed E-state index contributed by atoms with van der Waals surface area (Å²) >= 11 is 0. The summed E-state index contributed by atoms with van der Waals surface area (Å²) in [6, 6.07) is 9.69. The molecule has 2 amide bonds. The number of nitrogens with zero attached hydrogens (tertiary/aromatic N) is 1. The molecule has 1 unspecified atom stereocenters. The van der Waals surface area contributed by atoms with Crippen molar-refractivity contribution in [3.05, 3.63) is 35.9 Å². The number of carbonyl (C=O) groups is 1. The molecular weight excluding hydrogens is 268 g/mol. The zero-order valence-electron chi connectivity index (χ0n) is 12.5. The molecule has 1 aromatic rings. The first kappa shape index (κ1) is 15.8. The molecule has 1 aromatic carbocycles. The molecule has 1 heterocycles. The third kappa shape index (κ3) is 4.44. The van der Waals surface area contributed by atoms with Gasteiger partial charge in [-0.1, -0.05) is 30.3 Å². The Balaban J connectivity index is 1.79. The maximum atomic E-state index is 11.9. The van der Waals surface area contributed by atoms with Gasteiger partial charge >= 0.3 is 6.03 Å². The third-order valence-electron chi connectivity index (χ3n) is 4.00. The number of amides is 2. The number of hydrogen-bond acceptors (Lipinski definition) is 3. The number of nitrogens with one attached hydrogen (secondary N) is 1. The largest absolute Gasteiger partial charge is 0.388 e. The predicted molar refractivity (Wildman–Crippen MR) is 81.0 cm³/mol. The number of aliphatic hydroxyl groups excluding tert-OH is 1. The van der Waals surface area contributed by atoms with Gasteiger partial charge in [-0.2, -0.15) is 0 Å². The zero-order valence-corrected chi connectivity index (χ0v) is 12.5. The molecule has 1 fully saturated rings. The summed E-state index contributed by atoms with van der Waals surface area (Å²) in [5, 5.41) is 13.2. The van der Waals surface area contributed by atoms with Crippen molar-refractivity contribution in [1.82, 2.24) is 10.2 Å². The van der Waals surface area contributed by atoms with Gasteiger partial charge in [0, 0.05) is 26.7 Å². The van der Waals surface area contributed by atoms with E-state index in [1.54, 1.807) is 7.11 Å². The van der Waals surface area contributed by atoms with Gasteiger partial charge in [0.2, 0.25) is 0 Å². The lowest BCUT2D eigenvalue weighted by Crippen LogP contribution is -2.45. The van der Waals surface area contributed by atoms with Gasteiger partial charge in [0.1, 0.15) is 0 Å². The maximum Gasteiger partial charge on any atom is 0.317 e. The minimum atomic E-state index is -0.440. The molecule has 21 heavy (non-hydrogen) atoms. The number of urea groups is 1. The Labute approximate surface area is 125 Å². The van der Waals surface area contributed by atoms with Crippen LogP contribution in [-0.2, 0) is 4.74 Å². The highest BCUT2D eigenvalue weighted by molar-refractivity contribution is 5.74. The van der Waals surface area contributed by atoms with Crippen molar-refractivity contribution < 1.29 is 14.6 Å². The van der Waals surface area contributed by atoms with Gasteiger partial charge in [0.05, 0.1) is 12.7 Å². The fraction of sp³-hybridized carbons (Fsp3) is 0.562. The minimum absolute atomic E-state index is 0.0419. The summed E-state index contributed by atoms with van der Waals surface area (Å²) in [5.74, 6) is 0.218. The average Bonchev–Trinajstić information content (AvgIpc) is 2.55. The summed E-state index contributed by atoms with van der Waals surface area (Å²) in [7, 11) is 1.61.